The number of aromatic nitrogens is 3. The van der Waals surface area contributed by atoms with Crippen LogP contribution in [0.15, 0.2) is 176 Å². The van der Waals surface area contributed by atoms with Gasteiger partial charge in [-0.1, -0.05) is 109 Å². The Labute approximate surface area is 316 Å². The Balaban J connectivity index is 1.45. The number of nitriles is 2. The molecule has 3 heterocycles. The van der Waals surface area contributed by atoms with Crippen molar-refractivity contribution in [2.45, 2.75) is 0 Å². The Hall–Kier alpha value is -7.86. The van der Waals surface area contributed by atoms with Gasteiger partial charge < -0.3 is 13.7 Å². The standard InChI is InChI=1S/C50H29N5/c51-30-32-23-25-33(26-24-32)34-27-28-35(31-52)44(29-34)55-43-22-12-9-19-40(43)47-49-45(38-17-7-10-20-41(38)53(49)36-13-3-1-4-14-36)48-46(50(47)55)39-18-8-11-21-42(39)54(48)37-15-5-2-6-16-37/h1-29H. The summed E-state index contributed by atoms with van der Waals surface area (Å²) in [6.07, 6.45) is 0. The fraction of sp³-hybridized carbons (Fsp3) is 0. The summed E-state index contributed by atoms with van der Waals surface area (Å²) in [5.74, 6) is 0. The van der Waals surface area contributed by atoms with E-state index in [9.17, 15) is 10.5 Å². The third kappa shape index (κ3) is 4.33. The van der Waals surface area contributed by atoms with E-state index in [1.165, 1.54) is 10.8 Å². The van der Waals surface area contributed by atoms with Gasteiger partial charge in [0, 0.05) is 43.7 Å². The van der Waals surface area contributed by atoms with Gasteiger partial charge in [-0.2, -0.15) is 10.5 Å². The lowest BCUT2D eigenvalue weighted by molar-refractivity contribution is 1.16. The molecule has 254 valence electrons. The summed E-state index contributed by atoms with van der Waals surface area (Å²) in [7, 11) is 0. The van der Waals surface area contributed by atoms with Gasteiger partial charge in [-0.25, -0.2) is 0 Å². The molecule has 0 aliphatic rings. The van der Waals surface area contributed by atoms with E-state index < -0.39 is 0 Å². The van der Waals surface area contributed by atoms with E-state index in [0.29, 0.717) is 11.1 Å². The first kappa shape index (κ1) is 30.7. The largest absolute Gasteiger partial charge is 0.308 e. The SMILES string of the molecule is N#Cc1ccc(-c2ccc(C#N)c(-n3c4ccccc4c4c5c(c6ccccc6n5-c5ccccc5)c5c(c6ccccc6n5-c5ccccc5)c43)c2)cc1. The molecule has 5 heteroatoms. The predicted molar refractivity (Wildman–Crippen MR) is 224 cm³/mol. The van der Waals surface area contributed by atoms with Crippen LogP contribution in [0.4, 0.5) is 0 Å². The van der Waals surface area contributed by atoms with Gasteiger partial charge >= 0.3 is 0 Å². The summed E-state index contributed by atoms with van der Waals surface area (Å²) in [5, 5.41) is 27.1. The summed E-state index contributed by atoms with van der Waals surface area (Å²) >= 11 is 0. The molecule has 0 saturated heterocycles. The normalized spacial score (nSPS) is 11.6. The summed E-state index contributed by atoms with van der Waals surface area (Å²) in [6.45, 7) is 0. The molecule has 0 radical (unpaired) electrons. The van der Waals surface area contributed by atoms with E-state index in [1.54, 1.807) is 0 Å². The van der Waals surface area contributed by atoms with Crippen molar-refractivity contribution >= 4 is 65.4 Å². The van der Waals surface area contributed by atoms with Crippen molar-refractivity contribution < 1.29 is 0 Å². The Kier molecular flexibility index (Phi) is 6.61. The molecular formula is C50H29N5. The van der Waals surface area contributed by atoms with E-state index in [-0.39, 0.29) is 0 Å². The van der Waals surface area contributed by atoms with Crippen molar-refractivity contribution in [3.05, 3.63) is 187 Å². The molecule has 0 N–H and O–H groups in total. The number of fused-ring (bicyclic) bond motifs is 12. The molecule has 0 aliphatic carbocycles. The van der Waals surface area contributed by atoms with Crippen molar-refractivity contribution in [2.75, 3.05) is 0 Å². The van der Waals surface area contributed by atoms with E-state index in [2.05, 4.69) is 165 Å². The Morgan fingerprint density at radius 1 is 0.364 bits per heavy atom. The fourth-order valence-electron chi connectivity index (χ4n) is 8.82. The molecule has 3 aromatic heterocycles. The maximum absolute atomic E-state index is 10.8. The number of benzene rings is 8. The smallest absolute Gasteiger partial charge is 0.101 e. The third-order valence-corrected chi connectivity index (χ3v) is 11.1. The highest BCUT2D eigenvalue weighted by Gasteiger charge is 2.29. The second kappa shape index (κ2) is 11.8. The lowest BCUT2D eigenvalue weighted by atomic mass is 10.0. The zero-order valence-electron chi connectivity index (χ0n) is 29.5. The third-order valence-electron chi connectivity index (χ3n) is 11.1. The van der Waals surface area contributed by atoms with E-state index >= 15 is 0 Å². The first-order chi connectivity index (χ1) is 27.2. The monoisotopic (exact) mass is 699 g/mol. The molecule has 0 amide bonds. The number of rotatable bonds is 4. The van der Waals surface area contributed by atoms with Gasteiger partial charge in [0.05, 0.1) is 56.0 Å². The molecule has 0 aliphatic heterocycles. The Morgan fingerprint density at radius 3 is 1.25 bits per heavy atom. The van der Waals surface area contributed by atoms with Crippen LogP contribution in [-0.4, -0.2) is 13.7 Å². The van der Waals surface area contributed by atoms with Crippen molar-refractivity contribution in [1.29, 1.82) is 10.5 Å². The second-order valence-corrected chi connectivity index (χ2v) is 13.9. The van der Waals surface area contributed by atoms with Gasteiger partial charge in [-0.15, -0.1) is 0 Å². The maximum atomic E-state index is 10.8. The predicted octanol–water partition coefficient (Wildman–Crippen LogP) is 12.4. The molecule has 0 atom stereocenters. The van der Waals surface area contributed by atoms with Crippen LogP contribution in [0.2, 0.25) is 0 Å². The van der Waals surface area contributed by atoms with Gasteiger partial charge in [0.15, 0.2) is 0 Å². The van der Waals surface area contributed by atoms with Gasteiger partial charge in [-0.05, 0) is 77.9 Å². The first-order valence-electron chi connectivity index (χ1n) is 18.3. The van der Waals surface area contributed by atoms with Crippen LogP contribution in [0.5, 0.6) is 0 Å². The van der Waals surface area contributed by atoms with Crippen molar-refractivity contribution in [3.63, 3.8) is 0 Å². The van der Waals surface area contributed by atoms with Crippen LogP contribution < -0.4 is 0 Å². The summed E-state index contributed by atoms with van der Waals surface area (Å²) < 4.78 is 7.18. The van der Waals surface area contributed by atoms with Crippen LogP contribution in [0.3, 0.4) is 0 Å². The molecule has 0 unspecified atom stereocenters. The quantitative estimate of drug-likeness (QED) is 0.184. The highest BCUT2D eigenvalue weighted by molar-refractivity contribution is 6.40. The molecular weight excluding hydrogens is 671 g/mol. The number of para-hydroxylation sites is 5. The van der Waals surface area contributed by atoms with Crippen LogP contribution in [-0.2, 0) is 0 Å². The average Bonchev–Trinajstić information content (AvgIpc) is 3.90. The molecule has 8 aromatic carbocycles. The molecule has 55 heavy (non-hydrogen) atoms. The fourth-order valence-corrected chi connectivity index (χ4v) is 8.82. The lowest BCUT2D eigenvalue weighted by Gasteiger charge is -2.15. The topological polar surface area (TPSA) is 62.4 Å². The van der Waals surface area contributed by atoms with Crippen LogP contribution in [0, 0.1) is 22.7 Å². The number of hydrogen-bond donors (Lipinski definition) is 0. The Bertz CT molecular complexity index is 3350. The maximum Gasteiger partial charge on any atom is 0.101 e. The minimum Gasteiger partial charge on any atom is -0.308 e. The van der Waals surface area contributed by atoms with Gasteiger partial charge in [0.1, 0.15) is 6.07 Å². The highest BCUT2D eigenvalue weighted by Crippen LogP contribution is 2.50. The molecule has 0 bridgehead atoms. The lowest BCUT2D eigenvalue weighted by Crippen LogP contribution is -2.00. The van der Waals surface area contributed by atoms with Crippen LogP contribution in [0.25, 0.3) is 93.6 Å². The first-order valence-corrected chi connectivity index (χ1v) is 18.3. The molecule has 11 rings (SSSR count). The van der Waals surface area contributed by atoms with E-state index in [1.807, 2.05) is 36.4 Å². The Morgan fingerprint density at radius 2 is 0.782 bits per heavy atom. The van der Waals surface area contributed by atoms with E-state index in [0.717, 1.165) is 82.8 Å². The molecule has 0 fully saturated rings. The zero-order chi connectivity index (χ0) is 36.6. The number of nitrogens with zero attached hydrogens (tertiary/aromatic N) is 5. The van der Waals surface area contributed by atoms with Crippen molar-refractivity contribution in [1.82, 2.24) is 13.7 Å². The summed E-state index contributed by atoms with van der Waals surface area (Å²) in [5.41, 5.74) is 12.6. The zero-order valence-corrected chi connectivity index (χ0v) is 29.5. The molecule has 0 saturated carbocycles. The highest BCUT2D eigenvalue weighted by atomic mass is 15.0. The van der Waals surface area contributed by atoms with Crippen molar-refractivity contribution in [3.8, 4) is 40.3 Å². The summed E-state index contributed by atoms with van der Waals surface area (Å²) in [6, 6.07) is 65.8. The minimum absolute atomic E-state index is 0.573. The molecule has 11 aromatic rings. The minimum atomic E-state index is 0.573. The van der Waals surface area contributed by atoms with Gasteiger partial charge in [-0.3, -0.25) is 0 Å². The molecule has 5 nitrogen and oxygen atoms in total. The van der Waals surface area contributed by atoms with Gasteiger partial charge in [0.25, 0.3) is 0 Å². The summed E-state index contributed by atoms with van der Waals surface area (Å²) in [4.78, 5) is 0. The average molecular weight is 700 g/mol. The van der Waals surface area contributed by atoms with Crippen LogP contribution in [0.1, 0.15) is 11.1 Å². The van der Waals surface area contributed by atoms with Crippen molar-refractivity contribution in [2.24, 2.45) is 0 Å². The van der Waals surface area contributed by atoms with Crippen LogP contribution >= 0.6 is 0 Å². The van der Waals surface area contributed by atoms with Gasteiger partial charge in [0.2, 0.25) is 0 Å². The number of hydrogen-bond acceptors (Lipinski definition) is 2. The molecule has 0 spiro atoms. The van der Waals surface area contributed by atoms with E-state index in [4.69, 9.17) is 0 Å². The second-order valence-electron chi connectivity index (χ2n) is 13.9.